The molecule has 0 unspecified atom stereocenters. The highest BCUT2D eigenvalue weighted by atomic mass is 32.1. The van der Waals surface area contributed by atoms with Crippen LogP contribution in [0.15, 0.2) is 140 Å². The van der Waals surface area contributed by atoms with Gasteiger partial charge in [0.25, 0.3) is 0 Å². The molecule has 6 aromatic carbocycles. The molecular weight excluding hydrogens is 591 g/mol. The van der Waals surface area contributed by atoms with E-state index in [0.29, 0.717) is 0 Å². The van der Waals surface area contributed by atoms with Crippen molar-refractivity contribution in [1.29, 1.82) is 0 Å². The van der Waals surface area contributed by atoms with E-state index in [0.717, 1.165) is 38.5 Å². The zero-order chi connectivity index (χ0) is 31.3. The quantitative estimate of drug-likeness (QED) is 0.197. The molecule has 0 fully saturated rings. The Balaban J connectivity index is 1.21. The van der Waals surface area contributed by atoms with Crippen LogP contribution in [0, 0.1) is 0 Å². The monoisotopic (exact) mass is 619 g/mol. The lowest BCUT2D eigenvalue weighted by Gasteiger charge is -2.21. The van der Waals surface area contributed by atoms with E-state index in [1.165, 1.54) is 54.1 Å². The summed E-state index contributed by atoms with van der Waals surface area (Å²) in [6.45, 7) is 4.70. The highest BCUT2D eigenvalue weighted by Crippen LogP contribution is 2.51. The van der Waals surface area contributed by atoms with Crippen molar-refractivity contribution in [3.05, 3.63) is 151 Å². The van der Waals surface area contributed by atoms with E-state index in [2.05, 4.69) is 158 Å². The molecule has 0 saturated carbocycles. The third-order valence-electron chi connectivity index (χ3n) is 10.0. The standard InChI is InChI=1S/C43H29N3S/c1-43(2)34-20-9-6-17-29(34)32-24-33-30-18-7-10-21-36(30)46(37(33)25-35(32)43)28-16-12-15-27(23-28)41-44-40(26-13-4-3-5-14-26)39-31-19-8-11-22-38(31)47-42(39)45-41/h3-25H,1-2H3. The fraction of sp³-hybridized carbons (Fsp3) is 0.0698. The summed E-state index contributed by atoms with van der Waals surface area (Å²) in [6, 6.07) is 50.3. The van der Waals surface area contributed by atoms with Gasteiger partial charge in [-0.1, -0.05) is 117 Å². The third-order valence-corrected chi connectivity index (χ3v) is 11.1. The first kappa shape index (κ1) is 26.6. The first-order valence-electron chi connectivity index (χ1n) is 16.1. The first-order valence-corrected chi connectivity index (χ1v) is 16.9. The molecule has 0 saturated heterocycles. The SMILES string of the molecule is CC1(C)c2ccccc2-c2cc3c4ccccc4n(-c4cccc(-c5nc(-c6ccccc6)c6c(n5)sc5ccccc56)c4)c3cc21. The van der Waals surface area contributed by atoms with Crippen molar-refractivity contribution >= 4 is 53.4 Å². The van der Waals surface area contributed by atoms with Gasteiger partial charge in [0.15, 0.2) is 5.82 Å². The lowest BCUT2D eigenvalue weighted by Crippen LogP contribution is -2.14. The van der Waals surface area contributed by atoms with Crippen LogP contribution in [0.5, 0.6) is 0 Å². The summed E-state index contributed by atoms with van der Waals surface area (Å²) in [5.74, 6) is 0.739. The van der Waals surface area contributed by atoms with E-state index >= 15 is 0 Å². The van der Waals surface area contributed by atoms with Crippen LogP contribution in [0.25, 0.3) is 81.6 Å². The predicted octanol–water partition coefficient (Wildman–Crippen LogP) is 11.6. The molecule has 0 N–H and O–H groups in total. The highest BCUT2D eigenvalue weighted by Gasteiger charge is 2.36. The number of hydrogen-bond donors (Lipinski definition) is 0. The molecule has 0 atom stereocenters. The molecule has 4 heteroatoms. The molecule has 0 aliphatic heterocycles. The number of aromatic nitrogens is 3. The fourth-order valence-electron chi connectivity index (χ4n) is 7.78. The molecule has 9 aromatic rings. The van der Waals surface area contributed by atoms with Crippen LogP contribution >= 0.6 is 11.3 Å². The highest BCUT2D eigenvalue weighted by molar-refractivity contribution is 7.25. The van der Waals surface area contributed by atoms with E-state index in [9.17, 15) is 0 Å². The lowest BCUT2D eigenvalue weighted by molar-refractivity contribution is 0.661. The van der Waals surface area contributed by atoms with E-state index in [1.54, 1.807) is 11.3 Å². The van der Waals surface area contributed by atoms with Gasteiger partial charge in [0.2, 0.25) is 0 Å². The Morgan fingerprint density at radius 3 is 2.19 bits per heavy atom. The zero-order valence-electron chi connectivity index (χ0n) is 26.0. The molecule has 3 heterocycles. The second kappa shape index (κ2) is 9.71. The lowest BCUT2D eigenvalue weighted by atomic mass is 9.82. The van der Waals surface area contributed by atoms with Crippen LogP contribution in [0.3, 0.4) is 0 Å². The first-order chi connectivity index (χ1) is 23.1. The van der Waals surface area contributed by atoms with Gasteiger partial charge < -0.3 is 4.57 Å². The van der Waals surface area contributed by atoms with Gasteiger partial charge in [-0.05, 0) is 58.7 Å². The van der Waals surface area contributed by atoms with Crippen LogP contribution in [0.1, 0.15) is 25.0 Å². The fourth-order valence-corrected chi connectivity index (χ4v) is 8.86. The number of benzene rings is 6. The maximum absolute atomic E-state index is 5.29. The number of rotatable bonds is 3. The molecule has 0 amide bonds. The predicted molar refractivity (Wildman–Crippen MR) is 198 cm³/mol. The smallest absolute Gasteiger partial charge is 0.161 e. The number of para-hydroxylation sites is 1. The van der Waals surface area contributed by atoms with Gasteiger partial charge in [-0.3, -0.25) is 0 Å². The van der Waals surface area contributed by atoms with Gasteiger partial charge in [0.1, 0.15) is 4.83 Å². The minimum atomic E-state index is -0.0788. The van der Waals surface area contributed by atoms with Gasteiger partial charge >= 0.3 is 0 Å². The molecule has 0 spiro atoms. The van der Waals surface area contributed by atoms with Crippen molar-refractivity contribution in [2.45, 2.75) is 19.3 Å². The minimum Gasteiger partial charge on any atom is -0.309 e. The number of fused-ring (bicyclic) bond motifs is 9. The summed E-state index contributed by atoms with van der Waals surface area (Å²) in [5, 5.41) is 4.85. The van der Waals surface area contributed by atoms with E-state index in [4.69, 9.17) is 9.97 Å². The van der Waals surface area contributed by atoms with Crippen LogP contribution in [0.4, 0.5) is 0 Å². The summed E-state index contributed by atoms with van der Waals surface area (Å²) in [6.07, 6.45) is 0. The summed E-state index contributed by atoms with van der Waals surface area (Å²) < 4.78 is 3.65. The molecule has 3 nitrogen and oxygen atoms in total. The second-order valence-electron chi connectivity index (χ2n) is 13.0. The van der Waals surface area contributed by atoms with Gasteiger partial charge in [0.05, 0.1) is 16.7 Å². The normalized spacial score (nSPS) is 13.5. The van der Waals surface area contributed by atoms with Gasteiger partial charge in [-0.2, -0.15) is 0 Å². The molecular formula is C43H29N3S. The molecule has 1 aliphatic carbocycles. The summed E-state index contributed by atoms with van der Waals surface area (Å²) in [5.41, 5.74) is 12.0. The topological polar surface area (TPSA) is 30.7 Å². The van der Waals surface area contributed by atoms with Crippen LogP contribution in [-0.2, 0) is 5.41 Å². The number of nitrogens with zero attached hydrogens (tertiary/aromatic N) is 3. The van der Waals surface area contributed by atoms with Crippen molar-refractivity contribution in [2.24, 2.45) is 0 Å². The number of thiophene rings is 1. The van der Waals surface area contributed by atoms with Crippen molar-refractivity contribution < 1.29 is 0 Å². The maximum Gasteiger partial charge on any atom is 0.161 e. The Morgan fingerprint density at radius 1 is 0.553 bits per heavy atom. The third kappa shape index (κ3) is 3.79. The van der Waals surface area contributed by atoms with Gasteiger partial charge in [-0.15, -0.1) is 11.3 Å². The van der Waals surface area contributed by atoms with Crippen molar-refractivity contribution in [2.75, 3.05) is 0 Å². The van der Waals surface area contributed by atoms with E-state index in [-0.39, 0.29) is 5.41 Å². The van der Waals surface area contributed by atoms with E-state index < -0.39 is 0 Å². The Labute approximate surface area is 276 Å². The largest absolute Gasteiger partial charge is 0.309 e. The average molecular weight is 620 g/mol. The van der Waals surface area contributed by atoms with Crippen molar-refractivity contribution in [1.82, 2.24) is 14.5 Å². The van der Waals surface area contributed by atoms with Crippen LogP contribution in [0.2, 0.25) is 0 Å². The number of hydrogen-bond acceptors (Lipinski definition) is 3. The second-order valence-corrected chi connectivity index (χ2v) is 14.1. The summed E-state index contributed by atoms with van der Waals surface area (Å²) >= 11 is 1.73. The molecule has 0 bridgehead atoms. The van der Waals surface area contributed by atoms with Crippen LogP contribution < -0.4 is 0 Å². The van der Waals surface area contributed by atoms with E-state index in [1.807, 2.05) is 0 Å². The molecule has 222 valence electrons. The zero-order valence-corrected chi connectivity index (χ0v) is 26.8. The molecule has 3 aromatic heterocycles. The minimum absolute atomic E-state index is 0.0788. The van der Waals surface area contributed by atoms with Gasteiger partial charge in [-0.25, -0.2) is 9.97 Å². The van der Waals surface area contributed by atoms with Crippen molar-refractivity contribution in [3.63, 3.8) is 0 Å². The van der Waals surface area contributed by atoms with Crippen LogP contribution in [-0.4, -0.2) is 14.5 Å². The Bertz CT molecular complexity index is 2710. The average Bonchev–Trinajstić information content (AvgIpc) is 3.73. The Morgan fingerprint density at radius 2 is 1.30 bits per heavy atom. The molecule has 1 aliphatic rings. The summed E-state index contributed by atoms with van der Waals surface area (Å²) in [7, 11) is 0. The molecule has 10 rings (SSSR count). The Hall–Kier alpha value is -5.58. The molecule has 47 heavy (non-hydrogen) atoms. The van der Waals surface area contributed by atoms with Crippen molar-refractivity contribution in [3.8, 4) is 39.5 Å². The molecule has 0 radical (unpaired) electrons. The maximum atomic E-state index is 5.29. The Kier molecular flexibility index (Phi) is 5.50. The summed E-state index contributed by atoms with van der Waals surface area (Å²) in [4.78, 5) is 11.5. The van der Waals surface area contributed by atoms with Gasteiger partial charge in [0, 0.05) is 48.5 Å².